The summed E-state index contributed by atoms with van der Waals surface area (Å²) < 4.78 is 10.7. The number of aromatic nitrogens is 2. The minimum atomic E-state index is -1.04. The van der Waals surface area contributed by atoms with Gasteiger partial charge in [-0.1, -0.05) is 48.5 Å². The SMILES string of the molecule is NC(OC(=O)/C=C/C(=O)OC(N)c1ccnc(C2=Cc3ccccc3CC2)c1)c1ccnc(C2=Cc3ccccc3CC2)c1. The van der Waals surface area contributed by atoms with Gasteiger partial charge in [0.1, 0.15) is 0 Å². The second-order valence-electron chi connectivity index (χ2n) is 10.7. The van der Waals surface area contributed by atoms with Crippen LogP contribution in [0.5, 0.6) is 0 Å². The molecule has 0 spiro atoms. The number of nitrogens with two attached hydrogens (primary N) is 2. The molecule has 220 valence electrons. The number of hydrogen-bond donors (Lipinski definition) is 2. The maximum atomic E-state index is 12.4. The van der Waals surface area contributed by atoms with E-state index in [1.165, 1.54) is 22.3 Å². The fraction of sp³-hybridized carbons (Fsp3) is 0.167. The summed E-state index contributed by atoms with van der Waals surface area (Å²) in [6.45, 7) is 0. The number of benzene rings is 2. The molecule has 8 heteroatoms. The number of nitrogens with zero attached hydrogens (tertiary/aromatic N) is 2. The number of pyridine rings is 2. The van der Waals surface area contributed by atoms with Crippen LogP contribution in [-0.2, 0) is 31.9 Å². The van der Waals surface area contributed by atoms with Crippen molar-refractivity contribution in [2.45, 2.75) is 38.1 Å². The molecule has 2 aromatic heterocycles. The summed E-state index contributed by atoms with van der Waals surface area (Å²) >= 11 is 0. The van der Waals surface area contributed by atoms with Crippen molar-refractivity contribution in [2.24, 2.45) is 11.5 Å². The molecule has 0 saturated heterocycles. The van der Waals surface area contributed by atoms with E-state index in [4.69, 9.17) is 20.9 Å². The van der Waals surface area contributed by atoms with Gasteiger partial charge >= 0.3 is 11.9 Å². The van der Waals surface area contributed by atoms with E-state index >= 15 is 0 Å². The van der Waals surface area contributed by atoms with Crippen molar-refractivity contribution in [1.29, 1.82) is 0 Å². The van der Waals surface area contributed by atoms with E-state index in [-0.39, 0.29) is 0 Å². The molecular formula is C36H32N4O4. The van der Waals surface area contributed by atoms with Crippen LogP contribution < -0.4 is 11.5 Å². The van der Waals surface area contributed by atoms with E-state index in [1.54, 1.807) is 24.5 Å². The fourth-order valence-corrected chi connectivity index (χ4v) is 5.47. The van der Waals surface area contributed by atoms with Gasteiger partial charge in [0.25, 0.3) is 0 Å². The molecule has 44 heavy (non-hydrogen) atoms. The van der Waals surface area contributed by atoms with E-state index in [2.05, 4.69) is 46.4 Å². The molecule has 2 aromatic carbocycles. The van der Waals surface area contributed by atoms with E-state index in [0.717, 1.165) is 60.4 Å². The van der Waals surface area contributed by atoms with Crippen LogP contribution in [0.3, 0.4) is 0 Å². The molecule has 0 aliphatic heterocycles. The van der Waals surface area contributed by atoms with Gasteiger partial charge in [-0.15, -0.1) is 0 Å². The predicted molar refractivity (Wildman–Crippen MR) is 169 cm³/mol. The summed E-state index contributed by atoms with van der Waals surface area (Å²) in [5.74, 6) is -1.58. The van der Waals surface area contributed by atoms with Crippen molar-refractivity contribution in [2.75, 3.05) is 0 Å². The second kappa shape index (κ2) is 13.0. The van der Waals surface area contributed by atoms with Crippen molar-refractivity contribution in [3.63, 3.8) is 0 Å². The number of hydrogen-bond acceptors (Lipinski definition) is 8. The zero-order valence-electron chi connectivity index (χ0n) is 24.1. The summed E-state index contributed by atoms with van der Waals surface area (Å²) in [6, 6.07) is 23.6. The second-order valence-corrected chi connectivity index (χ2v) is 10.7. The van der Waals surface area contributed by atoms with E-state index in [0.29, 0.717) is 11.1 Å². The molecule has 8 nitrogen and oxygen atoms in total. The lowest BCUT2D eigenvalue weighted by atomic mass is 9.90. The first-order valence-electron chi connectivity index (χ1n) is 14.5. The van der Waals surface area contributed by atoms with Gasteiger partial charge in [0.2, 0.25) is 0 Å². The average molecular weight is 585 g/mol. The lowest BCUT2D eigenvalue weighted by molar-refractivity contribution is -0.146. The van der Waals surface area contributed by atoms with Gasteiger partial charge in [0.15, 0.2) is 12.5 Å². The van der Waals surface area contributed by atoms with Gasteiger partial charge in [-0.25, -0.2) is 9.59 Å². The Balaban J connectivity index is 1.04. The molecule has 0 saturated carbocycles. The van der Waals surface area contributed by atoms with Crippen LogP contribution in [-0.4, -0.2) is 21.9 Å². The maximum Gasteiger partial charge on any atom is 0.332 e. The van der Waals surface area contributed by atoms with Crippen molar-refractivity contribution in [1.82, 2.24) is 9.97 Å². The Morgan fingerprint density at radius 3 is 1.52 bits per heavy atom. The highest BCUT2D eigenvalue weighted by Crippen LogP contribution is 2.31. The smallest absolute Gasteiger partial charge is 0.332 e. The molecule has 2 heterocycles. The summed E-state index contributed by atoms with van der Waals surface area (Å²) in [7, 11) is 0. The zero-order chi connectivity index (χ0) is 30.5. The molecule has 0 bridgehead atoms. The Kier molecular flexibility index (Phi) is 8.54. The summed E-state index contributed by atoms with van der Waals surface area (Å²) in [4.78, 5) is 33.9. The first-order valence-corrected chi connectivity index (χ1v) is 14.5. The number of ether oxygens (including phenoxy) is 2. The summed E-state index contributed by atoms with van der Waals surface area (Å²) in [6.07, 6.45) is 10.9. The Morgan fingerprint density at radius 2 is 1.07 bits per heavy atom. The molecule has 4 aromatic rings. The van der Waals surface area contributed by atoms with Gasteiger partial charge in [0.05, 0.1) is 11.4 Å². The molecule has 0 radical (unpaired) electrons. The number of fused-ring (bicyclic) bond motifs is 2. The van der Waals surface area contributed by atoms with E-state index < -0.39 is 24.4 Å². The van der Waals surface area contributed by atoms with Crippen LogP contribution in [0.2, 0.25) is 0 Å². The normalized spacial score (nSPS) is 15.3. The molecule has 2 aliphatic carbocycles. The average Bonchev–Trinajstić information content (AvgIpc) is 3.07. The standard InChI is InChI=1S/C36H32N4O4/c37-35(29-15-17-39-31(21-29)27-11-9-23-5-1-3-7-25(23)19-27)43-33(41)13-14-34(42)44-36(38)30-16-18-40-32(22-30)28-12-10-24-6-2-4-8-26(24)20-28/h1-8,13-22,35-36H,9-12,37-38H2/b14-13+. The number of allylic oxidation sites excluding steroid dienone is 2. The monoisotopic (exact) mass is 584 g/mol. The molecular weight excluding hydrogens is 552 g/mol. The zero-order valence-corrected chi connectivity index (χ0v) is 24.1. The quantitative estimate of drug-likeness (QED) is 0.153. The molecule has 4 N–H and O–H groups in total. The van der Waals surface area contributed by atoms with Crippen LogP contribution in [0.15, 0.2) is 97.3 Å². The Labute approximate surface area is 255 Å². The van der Waals surface area contributed by atoms with Gasteiger partial charge in [0, 0.05) is 35.7 Å². The molecule has 6 rings (SSSR count). The van der Waals surface area contributed by atoms with Crippen molar-refractivity contribution in [3.8, 4) is 0 Å². The van der Waals surface area contributed by atoms with Crippen molar-refractivity contribution in [3.05, 3.63) is 142 Å². The van der Waals surface area contributed by atoms with Crippen LogP contribution in [0.25, 0.3) is 23.3 Å². The van der Waals surface area contributed by atoms with E-state index in [1.807, 2.05) is 36.4 Å². The highest BCUT2D eigenvalue weighted by atomic mass is 16.6. The summed E-state index contributed by atoms with van der Waals surface area (Å²) in [5, 5.41) is 0. The first-order chi connectivity index (χ1) is 21.4. The van der Waals surface area contributed by atoms with Gasteiger partial charge in [-0.2, -0.15) is 0 Å². The minimum absolute atomic E-state index is 0.589. The van der Waals surface area contributed by atoms with Crippen LogP contribution in [0.4, 0.5) is 0 Å². The Morgan fingerprint density at radius 1 is 0.636 bits per heavy atom. The lowest BCUT2D eigenvalue weighted by Gasteiger charge is -2.18. The minimum Gasteiger partial charge on any atom is -0.439 e. The lowest BCUT2D eigenvalue weighted by Crippen LogP contribution is -2.20. The largest absolute Gasteiger partial charge is 0.439 e. The first kappa shape index (κ1) is 28.9. The van der Waals surface area contributed by atoms with Gasteiger partial charge < -0.3 is 9.47 Å². The fourth-order valence-electron chi connectivity index (χ4n) is 5.47. The predicted octanol–water partition coefficient (Wildman–Crippen LogP) is 5.71. The molecule has 0 fully saturated rings. The number of carbonyl (C=O) groups excluding carboxylic acids is 2. The van der Waals surface area contributed by atoms with Crippen molar-refractivity contribution < 1.29 is 19.1 Å². The topological polar surface area (TPSA) is 130 Å². The van der Waals surface area contributed by atoms with Crippen LogP contribution >= 0.6 is 0 Å². The third-order valence-electron chi connectivity index (χ3n) is 7.82. The highest BCUT2D eigenvalue weighted by Gasteiger charge is 2.18. The maximum absolute atomic E-state index is 12.4. The molecule has 2 unspecified atom stereocenters. The third kappa shape index (κ3) is 6.72. The number of carbonyl (C=O) groups is 2. The molecule has 0 amide bonds. The number of rotatable bonds is 8. The molecule has 2 aliphatic rings. The van der Waals surface area contributed by atoms with Gasteiger partial charge in [-0.3, -0.25) is 21.4 Å². The number of esters is 2. The summed E-state index contributed by atoms with van der Waals surface area (Å²) in [5.41, 5.74) is 22.2. The third-order valence-corrected chi connectivity index (χ3v) is 7.82. The van der Waals surface area contributed by atoms with Crippen molar-refractivity contribution >= 4 is 35.2 Å². The Bertz CT molecular complexity index is 1680. The molecule has 2 atom stereocenters. The van der Waals surface area contributed by atoms with Crippen LogP contribution in [0, 0.1) is 0 Å². The van der Waals surface area contributed by atoms with Gasteiger partial charge in [-0.05, 0) is 95.5 Å². The number of aryl methyl sites for hydroxylation is 2. The van der Waals surface area contributed by atoms with E-state index in [9.17, 15) is 9.59 Å². The highest BCUT2D eigenvalue weighted by molar-refractivity contribution is 5.92. The van der Waals surface area contributed by atoms with Crippen LogP contribution in [0.1, 0.15) is 70.1 Å². The Hall–Kier alpha value is -5.18.